The molecule has 9 heteroatoms. The van der Waals surface area contributed by atoms with Gasteiger partial charge >= 0.3 is 6.09 Å². The number of hydrogen-bond donors (Lipinski definition) is 5. The molecule has 0 saturated carbocycles. The number of nitrogens with one attached hydrogen (secondary N) is 3. The van der Waals surface area contributed by atoms with Gasteiger partial charge < -0.3 is 26.8 Å². The fourth-order valence-electron chi connectivity index (χ4n) is 1.88. The van der Waals surface area contributed by atoms with Gasteiger partial charge in [-0.1, -0.05) is 20.8 Å². The van der Waals surface area contributed by atoms with Crippen LogP contribution in [0, 0.1) is 5.92 Å². The van der Waals surface area contributed by atoms with Crippen LogP contribution in [0.3, 0.4) is 0 Å². The molecule has 0 spiro atoms. The fourth-order valence-corrected chi connectivity index (χ4v) is 1.88. The van der Waals surface area contributed by atoms with E-state index in [0.29, 0.717) is 12.8 Å². The highest BCUT2D eigenvalue weighted by molar-refractivity contribution is 5.92. The molecule has 0 fully saturated rings. The topological polar surface area (TPSA) is 151 Å². The van der Waals surface area contributed by atoms with Gasteiger partial charge in [0.15, 0.2) is 0 Å². The van der Waals surface area contributed by atoms with Crippen LogP contribution in [0.1, 0.15) is 40.0 Å². The largest absolute Gasteiger partial charge is 0.465 e. The van der Waals surface area contributed by atoms with Crippen LogP contribution in [0.15, 0.2) is 0 Å². The van der Waals surface area contributed by atoms with Crippen molar-refractivity contribution in [2.75, 3.05) is 6.54 Å². The Hall–Kier alpha value is -2.32. The molecule has 0 aromatic carbocycles. The van der Waals surface area contributed by atoms with Gasteiger partial charge in [0.05, 0.1) is 6.54 Å². The summed E-state index contributed by atoms with van der Waals surface area (Å²) in [5.41, 5.74) is 5.25. The molecule has 0 radical (unpaired) electrons. The molecule has 23 heavy (non-hydrogen) atoms. The lowest BCUT2D eigenvalue weighted by atomic mass is 10.0. The van der Waals surface area contributed by atoms with Crippen molar-refractivity contribution in [3.8, 4) is 0 Å². The number of rotatable bonds is 10. The SMILES string of the molecule is CCCC(=O)N[C@@H](CNC(=O)O)C(=O)N[C@@H](CC(C)C)C(N)=O. The minimum Gasteiger partial charge on any atom is -0.465 e. The number of amides is 4. The zero-order chi connectivity index (χ0) is 18.0. The standard InChI is InChI=1S/C14H26N4O5/c1-4-5-11(19)17-10(7-16-14(22)23)13(21)18-9(12(15)20)6-8(2)3/h8-10,16H,4-7H2,1-3H3,(H2,15,20)(H,17,19)(H,18,21)(H,22,23)/t9-,10-/m0/s1. The molecule has 0 rings (SSSR count). The van der Waals surface area contributed by atoms with Crippen LogP contribution in [0.25, 0.3) is 0 Å². The normalized spacial score (nSPS) is 13.0. The number of carbonyl (C=O) groups excluding carboxylic acids is 3. The van der Waals surface area contributed by atoms with Crippen LogP contribution in [-0.2, 0) is 14.4 Å². The van der Waals surface area contributed by atoms with E-state index < -0.39 is 30.0 Å². The van der Waals surface area contributed by atoms with Gasteiger partial charge in [0, 0.05) is 6.42 Å². The van der Waals surface area contributed by atoms with E-state index in [1.807, 2.05) is 19.2 Å². The summed E-state index contributed by atoms with van der Waals surface area (Å²) in [6.07, 6.45) is -0.171. The summed E-state index contributed by atoms with van der Waals surface area (Å²) in [6, 6.07) is -1.99. The smallest absolute Gasteiger partial charge is 0.404 e. The minimum absolute atomic E-state index is 0.123. The van der Waals surface area contributed by atoms with Crippen LogP contribution in [0.2, 0.25) is 0 Å². The van der Waals surface area contributed by atoms with Gasteiger partial charge in [-0.2, -0.15) is 0 Å². The second-order valence-corrected chi connectivity index (χ2v) is 5.65. The number of nitrogens with two attached hydrogens (primary N) is 1. The molecule has 0 aliphatic carbocycles. The maximum atomic E-state index is 12.2. The Kier molecular flexibility index (Phi) is 9.36. The highest BCUT2D eigenvalue weighted by Crippen LogP contribution is 2.04. The molecule has 132 valence electrons. The quantitative estimate of drug-likeness (QED) is 0.368. The van der Waals surface area contributed by atoms with E-state index in [1.165, 1.54) is 0 Å². The lowest BCUT2D eigenvalue weighted by Crippen LogP contribution is -2.56. The fraction of sp³-hybridized carbons (Fsp3) is 0.714. The lowest BCUT2D eigenvalue weighted by Gasteiger charge is -2.22. The predicted octanol–water partition coefficient (Wildman–Crippen LogP) is -0.445. The van der Waals surface area contributed by atoms with E-state index in [0.717, 1.165) is 0 Å². The molecular weight excluding hydrogens is 304 g/mol. The van der Waals surface area contributed by atoms with Crippen molar-refractivity contribution < 1.29 is 24.3 Å². The van der Waals surface area contributed by atoms with Gasteiger partial charge in [-0.3, -0.25) is 14.4 Å². The molecule has 6 N–H and O–H groups in total. The first-order chi connectivity index (χ1) is 10.7. The van der Waals surface area contributed by atoms with Gasteiger partial charge in [0.2, 0.25) is 17.7 Å². The Morgan fingerprint density at radius 1 is 1.09 bits per heavy atom. The van der Waals surface area contributed by atoms with Crippen LogP contribution >= 0.6 is 0 Å². The van der Waals surface area contributed by atoms with E-state index in [-0.39, 0.29) is 24.8 Å². The van der Waals surface area contributed by atoms with Gasteiger partial charge in [-0.25, -0.2) is 4.79 Å². The number of carbonyl (C=O) groups is 4. The van der Waals surface area contributed by atoms with Gasteiger partial charge in [0.25, 0.3) is 0 Å². The van der Waals surface area contributed by atoms with Crippen LogP contribution in [-0.4, -0.2) is 47.5 Å². The molecule has 0 bridgehead atoms. The number of primary amides is 1. The molecule has 0 aliphatic rings. The number of hydrogen-bond acceptors (Lipinski definition) is 4. The Bertz CT molecular complexity index is 439. The lowest BCUT2D eigenvalue weighted by molar-refractivity contribution is -0.131. The zero-order valence-corrected chi connectivity index (χ0v) is 13.7. The Labute approximate surface area is 135 Å². The minimum atomic E-state index is -1.32. The average molecular weight is 330 g/mol. The third-order valence-corrected chi connectivity index (χ3v) is 2.95. The van der Waals surface area contributed by atoms with Crippen molar-refractivity contribution in [3.63, 3.8) is 0 Å². The van der Waals surface area contributed by atoms with Crippen LogP contribution in [0.4, 0.5) is 4.79 Å². The molecule has 0 unspecified atom stereocenters. The van der Waals surface area contributed by atoms with Gasteiger partial charge in [0.1, 0.15) is 12.1 Å². The van der Waals surface area contributed by atoms with E-state index in [2.05, 4.69) is 10.6 Å². The Morgan fingerprint density at radius 3 is 2.13 bits per heavy atom. The summed E-state index contributed by atoms with van der Waals surface area (Å²) >= 11 is 0. The monoisotopic (exact) mass is 330 g/mol. The molecule has 0 aromatic rings. The molecule has 9 nitrogen and oxygen atoms in total. The Balaban J connectivity index is 4.89. The molecule has 0 aliphatic heterocycles. The third-order valence-electron chi connectivity index (χ3n) is 2.95. The predicted molar refractivity (Wildman–Crippen MR) is 83.4 cm³/mol. The first-order valence-electron chi connectivity index (χ1n) is 7.53. The molecular formula is C14H26N4O5. The van der Waals surface area contributed by atoms with Crippen LogP contribution < -0.4 is 21.7 Å². The average Bonchev–Trinajstić information content (AvgIpc) is 2.41. The zero-order valence-electron chi connectivity index (χ0n) is 13.7. The summed E-state index contributed by atoms with van der Waals surface area (Å²) in [5.74, 6) is -1.60. The molecule has 0 aromatic heterocycles. The van der Waals surface area contributed by atoms with E-state index >= 15 is 0 Å². The van der Waals surface area contributed by atoms with Gasteiger partial charge in [-0.15, -0.1) is 0 Å². The molecule has 2 atom stereocenters. The van der Waals surface area contributed by atoms with E-state index in [9.17, 15) is 19.2 Å². The van der Waals surface area contributed by atoms with E-state index in [4.69, 9.17) is 10.8 Å². The van der Waals surface area contributed by atoms with E-state index in [1.54, 1.807) is 6.92 Å². The van der Waals surface area contributed by atoms with Gasteiger partial charge in [-0.05, 0) is 18.8 Å². The molecule has 0 heterocycles. The number of carboxylic acid groups (broad SMARTS) is 1. The first-order valence-corrected chi connectivity index (χ1v) is 7.53. The summed E-state index contributed by atoms with van der Waals surface area (Å²) in [5, 5.41) is 15.6. The maximum absolute atomic E-state index is 12.2. The van der Waals surface area contributed by atoms with Crippen molar-refractivity contribution in [3.05, 3.63) is 0 Å². The highest BCUT2D eigenvalue weighted by atomic mass is 16.4. The van der Waals surface area contributed by atoms with Crippen LogP contribution in [0.5, 0.6) is 0 Å². The maximum Gasteiger partial charge on any atom is 0.404 e. The molecule has 0 saturated heterocycles. The summed E-state index contributed by atoms with van der Waals surface area (Å²) in [4.78, 5) is 45.8. The third kappa shape index (κ3) is 9.33. The molecule has 4 amide bonds. The summed E-state index contributed by atoms with van der Waals surface area (Å²) in [7, 11) is 0. The van der Waals surface area contributed by atoms with Crippen molar-refractivity contribution in [2.45, 2.75) is 52.1 Å². The Morgan fingerprint density at radius 2 is 1.70 bits per heavy atom. The summed E-state index contributed by atoms with van der Waals surface area (Å²) in [6.45, 7) is 5.24. The second-order valence-electron chi connectivity index (χ2n) is 5.65. The van der Waals surface area contributed by atoms with Crippen molar-refractivity contribution in [1.29, 1.82) is 0 Å². The van der Waals surface area contributed by atoms with Crippen molar-refractivity contribution in [1.82, 2.24) is 16.0 Å². The highest BCUT2D eigenvalue weighted by Gasteiger charge is 2.26. The summed E-state index contributed by atoms with van der Waals surface area (Å²) < 4.78 is 0. The van der Waals surface area contributed by atoms with Crippen molar-refractivity contribution in [2.24, 2.45) is 11.7 Å². The first kappa shape index (κ1) is 20.7. The second kappa shape index (κ2) is 10.4. The van der Waals surface area contributed by atoms with Crippen molar-refractivity contribution >= 4 is 23.8 Å².